The van der Waals surface area contributed by atoms with E-state index >= 15 is 0 Å². The van der Waals surface area contributed by atoms with E-state index in [-0.39, 0.29) is 5.75 Å². The maximum Gasteiger partial charge on any atom is 0.200 e. The van der Waals surface area contributed by atoms with Gasteiger partial charge in [-0.3, -0.25) is 0 Å². The van der Waals surface area contributed by atoms with E-state index in [0.717, 1.165) is 44.0 Å². The molecule has 1 saturated heterocycles. The van der Waals surface area contributed by atoms with Crippen molar-refractivity contribution in [1.82, 2.24) is 10.2 Å². The molecule has 2 aromatic rings. The smallest absolute Gasteiger partial charge is 0.200 e. The highest BCUT2D eigenvalue weighted by atomic mass is 16.5. The number of hydrogen-bond donors (Lipinski definition) is 2. The molecule has 30 heavy (non-hydrogen) atoms. The SMILES string of the molecule is CCNC(=NCc1cc(OC)c(O)c(OC)c1)N1CCC(=Cc2ccccc2)CC1. The molecular formula is C24H31N3O3. The molecule has 6 heteroatoms. The van der Waals surface area contributed by atoms with Crippen LogP contribution in [0.1, 0.15) is 30.9 Å². The number of hydrogen-bond acceptors (Lipinski definition) is 4. The van der Waals surface area contributed by atoms with Crippen molar-refractivity contribution in [2.45, 2.75) is 26.3 Å². The van der Waals surface area contributed by atoms with Crippen molar-refractivity contribution in [1.29, 1.82) is 0 Å². The molecule has 0 amide bonds. The summed E-state index contributed by atoms with van der Waals surface area (Å²) in [6.45, 7) is 5.23. The molecule has 1 aliphatic rings. The lowest BCUT2D eigenvalue weighted by molar-refractivity contribution is 0.339. The van der Waals surface area contributed by atoms with E-state index in [2.05, 4.69) is 47.5 Å². The van der Waals surface area contributed by atoms with Crippen molar-refractivity contribution in [3.8, 4) is 17.2 Å². The average molecular weight is 410 g/mol. The predicted octanol–water partition coefficient (Wildman–Crippen LogP) is 4.05. The Morgan fingerprint density at radius 3 is 2.30 bits per heavy atom. The van der Waals surface area contributed by atoms with E-state index in [1.54, 1.807) is 12.1 Å². The lowest BCUT2D eigenvalue weighted by Gasteiger charge is -2.31. The zero-order valence-electron chi connectivity index (χ0n) is 18.0. The molecule has 2 aromatic carbocycles. The number of aromatic hydroxyl groups is 1. The zero-order chi connectivity index (χ0) is 21.3. The Hall–Kier alpha value is -3.15. The van der Waals surface area contributed by atoms with E-state index in [1.807, 2.05) is 6.07 Å². The molecule has 160 valence electrons. The van der Waals surface area contributed by atoms with Crippen LogP contribution in [0.2, 0.25) is 0 Å². The van der Waals surface area contributed by atoms with Crippen LogP contribution in [0.3, 0.4) is 0 Å². The number of phenols is 1. The highest BCUT2D eigenvalue weighted by Crippen LogP contribution is 2.37. The molecule has 0 aliphatic carbocycles. The predicted molar refractivity (Wildman–Crippen MR) is 121 cm³/mol. The van der Waals surface area contributed by atoms with Gasteiger partial charge in [0.15, 0.2) is 17.5 Å². The second-order valence-corrected chi connectivity index (χ2v) is 7.22. The first-order valence-corrected chi connectivity index (χ1v) is 10.4. The maximum atomic E-state index is 10.1. The second-order valence-electron chi connectivity index (χ2n) is 7.22. The molecule has 3 rings (SSSR count). The minimum absolute atomic E-state index is 0.00778. The molecule has 1 fully saturated rings. The van der Waals surface area contributed by atoms with Gasteiger partial charge in [0, 0.05) is 19.6 Å². The number of nitrogens with zero attached hydrogens (tertiary/aromatic N) is 2. The molecule has 0 saturated carbocycles. The molecule has 0 aromatic heterocycles. The topological polar surface area (TPSA) is 66.3 Å². The van der Waals surface area contributed by atoms with Crippen LogP contribution < -0.4 is 14.8 Å². The number of likely N-dealkylation sites (tertiary alicyclic amines) is 1. The molecule has 1 heterocycles. The zero-order valence-corrected chi connectivity index (χ0v) is 18.0. The number of piperidine rings is 1. The fraction of sp³-hybridized carbons (Fsp3) is 0.375. The van der Waals surface area contributed by atoms with Gasteiger partial charge < -0.3 is 24.8 Å². The molecule has 0 atom stereocenters. The second kappa shape index (κ2) is 10.6. The summed E-state index contributed by atoms with van der Waals surface area (Å²) in [5.74, 6) is 1.69. The van der Waals surface area contributed by atoms with Gasteiger partial charge >= 0.3 is 0 Å². The van der Waals surface area contributed by atoms with Crippen molar-refractivity contribution >= 4 is 12.0 Å². The maximum absolute atomic E-state index is 10.1. The number of rotatable bonds is 6. The Kier molecular flexibility index (Phi) is 7.60. The Morgan fingerprint density at radius 2 is 1.73 bits per heavy atom. The molecular weight excluding hydrogens is 378 g/mol. The van der Waals surface area contributed by atoms with E-state index in [0.29, 0.717) is 18.0 Å². The van der Waals surface area contributed by atoms with Crippen molar-refractivity contribution in [3.63, 3.8) is 0 Å². The van der Waals surface area contributed by atoms with Crippen molar-refractivity contribution in [2.75, 3.05) is 33.9 Å². The van der Waals surface area contributed by atoms with Gasteiger partial charge in [-0.2, -0.15) is 0 Å². The molecule has 0 spiro atoms. The molecule has 2 N–H and O–H groups in total. The summed E-state index contributed by atoms with van der Waals surface area (Å²) in [6, 6.07) is 14.1. The quantitative estimate of drug-likeness (QED) is 0.556. The molecule has 1 aliphatic heterocycles. The van der Waals surface area contributed by atoms with Crippen molar-refractivity contribution < 1.29 is 14.6 Å². The van der Waals surface area contributed by atoms with Gasteiger partial charge in [0.25, 0.3) is 0 Å². The van der Waals surface area contributed by atoms with Gasteiger partial charge in [0.1, 0.15) is 0 Å². The first-order chi connectivity index (χ1) is 14.6. The number of aliphatic imine (C=N–C) groups is 1. The largest absolute Gasteiger partial charge is 0.502 e. The van der Waals surface area contributed by atoms with Crippen LogP contribution in [-0.2, 0) is 6.54 Å². The number of methoxy groups -OCH3 is 2. The minimum Gasteiger partial charge on any atom is -0.502 e. The third-order valence-corrected chi connectivity index (χ3v) is 5.16. The summed E-state index contributed by atoms with van der Waals surface area (Å²) in [5.41, 5.74) is 3.65. The van der Waals surface area contributed by atoms with Gasteiger partial charge in [0.2, 0.25) is 5.75 Å². The fourth-order valence-electron chi connectivity index (χ4n) is 3.57. The van der Waals surface area contributed by atoms with Crippen LogP contribution in [0.15, 0.2) is 53.0 Å². The lowest BCUT2D eigenvalue weighted by Crippen LogP contribution is -2.44. The Morgan fingerprint density at radius 1 is 1.10 bits per heavy atom. The number of phenolic OH excluding ortho intramolecular Hbond substituents is 1. The Labute approximate surface area is 178 Å². The van der Waals surface area contributed by atoms with Crippen LogP contribution in [0.4, 0.5) is 0 Å². The summed E-state index contributed by atoms with van der Waals surface area (Å²) < 4.78 is 10.5. The highest BCUT2D eigenvalue weighted by Gasteiger charge is 2.17. The molecule has 0 unspecified atom stereocenters. The Balaban J connectivity index is 1.69. The van der Waals surface area contributed by atoms with Gasteiger partial charge in [0.05, 0.1) is 20.8 Å². The van der Waals surface area contributed by atoms with Gasteiger partial charge in [-0.25, -0.2) is 4.99 Å². The van der Waals surface area contributed by atoms with E-state index in [4.69, 9.17) is 14.5 Å². The lowest BCUT2D eigenvalue weighted by atomic mass is 10.0. The number of benzene rings is 2. The van der Waals surface area contributed by atoms with Gasteiger partial charge in [-0.05, 0) is 43.0 Å². The van der Waals surface area contributed by atoms with Crippen LogP contribution in [0, 0.1) is 0 Å². The van der Waals surface area contributed by atoms with Crippen molar-refractivity contribution in [3.05, 3.63) is 59.2 Å². The third kappa shape index (κ3) is 5.47. The van der Waals surface area contributed by atoms with E-state index in [1.165, 1.54) is 25.4 Å². The number of guanidine groups is 1. The molecule has 6 nitrogen and oxygen atoms in total. The summed E-state index contributed by atoms with van der Waals surface area (Å²) >= 11 is 0. The average Bonchev–Trinajstić information content (AvgIpc) is 2.78. The fourth-order valence-corrected chi connectivity index (χ4v) is 3.57. The summed E-state index contributed by atoms with van der Waals surface area (Å²) in [7, 11) is 3.06. The highest BCUT2D eigenvalue weighted by molar-refractivity contribution is 5.80. The molecule has 0 radical (unpaired) electrons. The molecule has 0 bridgehead atoms. The monoisotopic (exact) mass is 409 g/mol. The third-order valence-electron chi connectivity index (χ3n) is 5.16. The summed E-state index contributed by atoms with van der Waals surface area (Å²) in [6.07, 6.45) is 4.36. The van der Waals surface area contributed by atoms with Crippen LogP contribution in [0.5, 0.6) is 17.2 Å². The normalized spacial score (nSPS) is 14.4. The van der Waals surface area contributed by atoms with Crippen LogP contribution >= 0.6 is 0 Å². The van der Waals surface area contributed by atoms with Gasteiger partial charge in [-0.1, -0.05) is 42.0 Å². The first kappa shape index (κ1) is 21.6. The number of nitrogens with one attached hydrogen (secondary N) is 1. The van der Waals surface area contributed by atoms with E-state index in [9.17, 15) is 5.11 Å². The standard InChI is InChI=1S/C24H31N3O3/c1-4-25-24(26-17-20-15-21(29-2)23(28)22(16-20)30-3)27-12-10-19(11-13-27)14-18-8-6-5-7-9-18/h5-9,14-16,28H,4,10-13,17H2,1-3H3,(H,25,26). The van der Waals surface area contributed by atoms with E-state index < -0.39 is 0 Å². The van der Waals surface area contributed by atoms with Crippen LogP contribution in [-0.4, -0.2) is 49.8 Å². The van der Waals surface area contributed by atoms with Gasteiger partial charge in [-0.15, -0.1) is 0 Å². The summed E-state index contributed by atoms with van der Waals surface area (Å²) in [5, 5.41) is 13.5. The van der Waals surface area contributed by atoms with Crippen molar-refractivity contribution in [2.24, 2.45) is 4.99 Å². The summed E-state index contributed by atoms with van der Waals surface area (Å²) in [4.78, 5) is 7.12. The Bertz CT molecular complexity index is 859. The minimum atomic E-state index is 0.00778. The van der Waals surface area contributed by atoms with Crippen LogP contribution in [0.25, 0.3) is 6.08 Å². The number of ether oxygens (including phenoxy) is 2. The first-order valence-electron chi connectivity index (χ1n) is 10.4.